The van der Waals surface area contributed by atoms with Crippen molar-refractivity contribution in [3.8, 4) is 11.5 Å². The highest BCUT2D eigenvalue weighted by Crippen LogP contribution is 2.43. The number of aromatic nitrogens is 1. The smallest absolute Gasteiger partial charge is 0.416 e. The van der Waals surface area contributed by atoms with E-state index in [9.17, 15) is 27.9 Å². The Balaban J connectivity index is 1.89. The average Bonchev–Trinajstić information content (AvgIpc) is 3.13. The van der Waals surface area contributed by atoms with Crippen molar-refractivity contribution in [2.24, 2.45) is 0 Å². The summed E-state index contributed by atoms with van der Waals surface area (Å²) in [5, 5.41) is 11.5. The van der Waals surface area contributed by atoms with E-state index in [2.05, 4.69) is 4.98 Å². The Labute approximate surface area is 214 Å². The molecule has 0 radical (unpaired) electrons. The fourth-order valence-corrected chi connectivity index (χ4v) is 4.40. The maximum atomic E-state index is 13.3. The van der Waals surface area contributed by atoms with Gasteiger partial charge in [-0.2, -0.15) is 13.2 Å². The van der Waals surface area contributed by atoms with Gasteiger partial charge >= 0.3 is 6.18 Å². The van der Waals surface area contributed by atoms with Crippen LogP contribution in [0, 0.1) is 0 Å². The van der Waals surface area contributed by atoms with Crippen LogP contribution in [0.3, 0.4) is 0 Å². The molecule has 37 heavy (non-hydrogen) atoms. The fraction of sp³-hybridized carbons (Fsp3) is 0.192. The predicted molar refractivity (Wildman–Crippen MR) is 128 cm³/mol. The number of aliphatic hydroxyl groups excluding tert-OH is 1. The molecular formula is C26H20ClF3N2O5. The van der Waals surface area contributed by atoms with Gasteiger partial charge in [0, 0.05) is 25.0 Å². The number of Topliss-reactive ketones (excluding diaryl/α,β-unsaturated/α-hetero) is 1. The molecule has 0 bridgehead atoms. The maximum absolute atomic E-state index is 13.3. The van der Waals surface area contributed by atoms with E-state index in [0.29, 0.717) is 5.56 Å². The number of pyridine rings is 1. The van der Waals surface area contributed by atoms with Crippen LogP contribution in [0.5, 0.6) is 11.5 Å². The third kappa shape index (κ3) is 4.97. The van der Waals surface area contributed by atoms with Crippen LogP contribution in [0.25, 0.3) is 5.76 Å². The van der Waals surface area contributed by atoms with Crippen LogP contribution in [0.4, 0.5) is 13.2 Å². The molecule has 4 rings (SSSR count). The number of halogens is 4. The van der Waals surface area contributed by atoms with Gasteiger partial charge in [-0.3, -0.25) is 14.6 Å². The molecule has 0 spiro atoms. The van der Waals surface area contributed by atoms with E-state index in [1.165, 1.54) is 50.9 Å². The fourth-order valence-electron chi connectivity index (χ4n) is 4.17. The zero-order valence-corrected chi connectivity index (χ0v) is 20.3. The van der Waals surface area contributed by atoms with Crippen LogP contribution < -0.4 is 9.47 Å². The summed E-state index contributed by atoms with van der Waals surface area (Å²) in [6.45, 7) is -0.320. The number of aliphatic hydroxyl groups is 1. The first-order valence-corrected chi connectivity index (χ1v) is 11.2. The van der Waals surface area contributed by atoms with Crippen molar-refractivity contribution in [3.05, 3.63) is 93.8 Å². The Bertz CT molecular complexity index is 1390. The number of carbonyl (C=O) groups excluding carboxylic acids is 2. The number of hydrogen-bond acceptors (Lipinski definition) is 6. The normalized spacial score (nSPS) is 17.2. The van der Waals surface area contributed by atoms with Crippen LogP contribution in [0.15, 0.2) is 66.5 Å². The summed E-state index contributed by atoms with van der Waals surface area (Å²) in [7, 11) is 2.70. The third-order valence-corrected chi connectivity index (χ3v) is 6.19. The van der Waals surface area contributed by atoms with Gasteiger partial charge in [0.25, 0.3) is 11.7 Å². The number of ether oxygens (including phenoxy) is 2. The number of ketones is 1. The molecule has 1 amide bonds. The van der Waals surface area contributed by atoms with Crippen molar-refractivity contribution >= 4 is 29.1 Å². The number of nitrogens with zero attached hydrogens (tertiary/aromatic N) is 2. The lowest BCUT2D eigenvalue weighted by atomic mass is 9.95. The Kier molecular flexibility index (Phi) is 7.13. The second-order valence-electron chi connectivity index (χ2n) is 8.09. The van der Waals surface area contributed by atoms with E-state index < -0.39 is 35.2 Å². The number of rotatable bonds is 6. The van der Waals surface area contributed by atoms with Gasteiger partial charge in [-0.15, -0.1) is 0 Å². The first-order chi connectivity index (χ1) is 17.6. The highest BCUT2D eigenvalue weighted by Gasteiger charge is 2.46. The van der Waals surface area contributed by atoms with E-state index in [-0.39, 0.29) is 39.8 Å². The summed E-state index contributed by atoms with van der Waals surface area (Å²) >= 11 is 6.16. The van der Waals surface area contributed by atoms with Crippen molar-refractivity contribution in [1.82, 2.24) is 9.88 Å². The minimum atomic E-state index is -4.58. The molecule has 1 aliphatic heterocycles. The van der Waals surface area contributed by atoms with Gasteiger partial charge in [0.2, 0.25) is 0 Å². The molecule has 2 aromatic carbocycles. The molecule has 1 N–H and O–H groups in total. The number of benzene rings is 2. The van der Waals surface area contributed by atoms with E-state index in [4.69, 9.17) is 21.1 Å². The summed E-state index contributed by atoms with van der Waals surface area (Å²) in [6.07, 6.45) is -1.71. The lowest BCUT2D eigenvalue weighted by Gasteiger charge is -2.26. The van der Waals surface area contributed by atoms with Gasteiger partial charge in [-0.1, -0.05) is 23.7 Å². The highest BCUT2D eigenvalue weighted by molar-refractivity contribution is 6.46. The Morgan fingerprint density at radius 1 is 1.05 bits per heavy atom. The SMILES string of the molecule is COc1cc(/C(O)=C2\C(=O)C(=O)N(Cc3cccc(C(F)(F)F)c3)C2c2ccncc2)c(OC)cc1Cl. The number of hydrogen-bond donors (Lipinski definition) is 1. The summed E-state index contributed by atoms with van der Waals surface area (Å²) in [6, 6.07) is 9.19. The molecule has 3 aromatic rings. The van der Waals surface area contributed by atoms with Gasteiger partial charge < -0.3 is 19.5 Å². The topological polar surface area (TPSA) is 89.0 Å². The Hall–Kier alpha value is -4.05. The monoisotopic (exact) mass is 532 g/mol. The predicted octanol–water partition coefficient (Wildman–Crippen LogP) is 5.39. The molecule has 7 nitrogen and oxygen atoms in total. The lowest BCUT2D eigenvalue weighted by Crippen LogP contribution is -2.29. The summed E-state index contributed by atoms with van der Waals surface area (Å²) < 4.78 is 50.3. The second-order valence-corrected chi connectivity index (χ2v) is 8.50. The van der Waals surface area contributed by atoms with Crippen LogP contribution in [0.2, 0.25) is 5.02 Å². The minimum Gasteiger partial charge on any atom is -0.507 e. The van der Waals surface area contributed by atoms with E-state index in [1.807, 2.05) is 0 Å². The summed E-state index contributed by atoms with van der Waals surface area (Å²) in [5.74, 6) is -2.26. The molecule has 1 atom stereocenters. The second kappa shape index (κ2) is 10.1. The number of alkyl halides is 3. The molecule has 0 saturated carbocycles. The number of methoxy groups -OCH3 is 2. The molecule has 1 fully saturated rings. The van der Waals surface area contributed by atoms with Crippen molar-refractivity contribution in [2.75, 3.05) is 14.2 Å². The van der Waals surface area contributed by atoms with Crippen molar-refractivity contribution in [1.29, 1.82) is 0 Å². The number of likely N-dealkylation sites (tertiary alicyclic amines) is 1. The average molecular weight is 533 g/mol. The molecule has 1 aromatic heterocycles. The molecule has 192 valence electrons. The Morgan fingerprint density at radius 3 is 2.35 bits per heavy atom. The van der Waals surface area contributed by atoms with Crippen molar-refractivity contribution in [3.63, 3.8) is 0 Å². The van der Waals surface area contributed by atoms with Gasteiger partial charge in [-0.05, 0) is 41.5 Å². The maximum Gasteiger partial charge on any atom is 0.416 e. The van der Waals surface area contributed by atoms with Crippen LogP contribution in [-0.4, -0.2) is 40.9 Å². The lowest BCUT2D eigenvalue weighted by molar-refractivity contribution is -0.140. The highest BCUT2D eigenvalue weighted by atomic mass is 35.5. The first kappa shape index (κ1) is 26.0. The molecule has 1 saturated heterocycles. The third-order valence-electron chi connectivity index (χ3n) is 5.90. The van der Waals surface area contributed by atoms with Gasteiger partial charge in [0.1, 0.15) is 17.3 Å². The van der Waals surface area contributed by atoms with Crippen LogP contribution in [-0.2, 0) is 22.3 Å². The van der Waals surface area contributed by atoms with Crippen LogP contribution >= 0.6 is 11.6 Å². The molecular weight excluding hydrogens is 513 g/mol. The van der Waals surface area contributed by atoms with Gasteiger partial charge in [-0.25, -0.2) is 0 Å². The number of carbonyl (C=O) groups is 2. The minimum absolute atomic E-state index is 0.0416. The van der Waals surface area contributed by atoms with Crippen molar-refractivity contribution < 1.29 is 37.3 Å². The summed E-state index contributed by atoms with van der Waals surface area (Å²) in [4.78, 5) is 31.5. The molecule has 11 heteroatoms. The van der Waals surface area contributed by atoms with Gasteiger partial charge in [0.15, 0.2) is 0 Å². The number of amides is 1. The zero-order chi connectivity index (χ0) is 26.9. The largest absolute Gasteiger partial charge is 0.507 e. The van der Waals surface area contributed by atoms with E-state index >= 15 is 0 Å². The molecule has 2 heterocycles. The molecule has 1 aliphatic rings. The van der Waals surface area contributed by atoms with E-state index in [1.54, 1.807) is 12.1 Å². The summed E-state index contributed by atoms with van der Waals surface area (Å²) in [5.41, 5.74) is -0.546. The van der Waals surface area contributed by atoms with Crippen molar-refractivity contribution in [2.45, 2.75) is 18.8 Å². The Morgan fingerprint density at radius 2 is 1.73 bits per heavy atom. The molecule has 0 aliphatic carbocycles. The quantitative estimate of drug-likeness (QED) is 0.260. The van der Waals surface area contributed by atoms with Crippen LogP contribution in [0.1, 0.15) is 28.3 Å². The first-order valence-electron chi connectivity index (χ1n) is 10.8. The zero-order valence-electron chi connectivity index (χ0n) is 19.5. The van der Waals surface area contributed by atoms with Gasteiger partial charge in [0.05, 0.1) is 42.0 Å². The molecule has 1 unspecified atom stereocenters. The standard InChI is InChI=1S/C26H20ClF3N2O5/c1-36-19-12-18(27)20(37-2)11-17(19)23(33)21-22(15-6-8-31-9-7-15)32(25(35)24(21)34)13-14-4-3-5-16(10-14)26(28,29)30/h3-12,22,33H,13H2,1-2H3/b23-21+. The van der Waals surface area contributed by atoms with E-state index in [0.717, 1.165) is 17.0 Å².